The summed E-state index contributed by atoms with van der Waals surface area (Å²) in [5, 5.41) is 0.982. The summed E-state index contributed by atoms with van der Waals surface area (Å²) in [6.07, 6.45) is 5.55. The van der Waals surface area contributed by atoms with Gasteiger partial charge in [-0.05, 0) is 41.5 Å². The predicted molar refractivity (Wildman–Crippen MR) is 110 cm³/mol. The second kappa shape index (κ2) is 6.09. The average molecular weight is 367 g/mol. The highest BCUT2D eigenvalue weighted by atomic mass is 16.5. The van der Waals surface area contributed by atoms with Crippen LogP contribution in [0.5, 0.6) is 5.75 Å². The van der Waals surface area contributed by atoms with Crippen molar-refractivity contribution in [3.05, 3.63) is 83.9 Å². The Morgan fingerprint density at radius 1 is 1.07 bits per heavy atom. The lowest BCUT2D eigenvalue weighted by atomic mass is 10.0. The lowest BCUT2D eigenvalue weighted by Gasteiger charge is -2.05. The van der Waals surface area contributed by atoms with Crippen molar-refractivity contribution in [3.8, 4) is 16.9 Å². The van der Waals surface area contributed by atoms with Gasteiger partial charge in [0.1, 0.15) is 11.4 Å². The first-order valence-electron chi connectivity index (χ1n) is 8.95. The number of hydrogen-bond acceptors (Lipinski definition) is 4. The number of Topliss-reactive ketones (excluding diaryl/α,β-unsaturated/α-hetero) is 1. The van der Waals surface area contributed by atoms with Crippen molar-refractivity contribution in [1.82, 2.24) is 9.55 Å². The number of ether oxygens (including phenoxy) is 1. The van der Waals surface area contributed by atoms with Crippen LogP contribution >= 0.6 is 0 Å². The van der Waals surface area contributed by atoms with Crippen molar-refractivity contribution in [1.29, 1.82) is 0 Å². The molecule has 28 heavy (non-hydrogen) atoms. The predicted octanol–water partition coefficient (Wildman–Crippen LogP) is 4.44. The Kier molecular flexibility index (Phi) is 3.55. The molecular formula is C23H17N3O2. The number of nitrogens with two attached hydrogens (primary N) is 1. The van der Waals surface area contributed by atoms with Crippen LogP contribution in [-0.4, -0.2) is 15.3 Å². The summed E-state index contributed by atoms with van der Waals surface area (Å²) in [6, 6.07) is 17.2. The van der Waals surface area contributed by atoms with Gasteiger partial charge in [0, 0.05) is 36.1 Å². The van der Waals surface area contributed by atoms with Crippen molar-refractivity contribution in [2.24, 2.45) is 7.05 Å². The third-order valence-corrected chi connectivity index (χ3v) is 4.95. The monoisotopic (exact) mass is 367 g/mol. The Labute approximate surface area is 161 Å². The summed E-state index contributed by atoms with van der Waals surface area (Å²) in [5.74, 6) is 0.660. The average Bonchev–Trinajstić information content (AvgIpc) is 3.20. The summed E-state index contributed by atoms with van der Waals surface area (Å²) in [4.78, 5) is 17.3. The molecule has 2 aromatic carbocycles. The summed E-state index contributed by atoms with van der Waals surface area (Å²) in [6.45, 7) is 0. The summed E-state index contributed by atoms with van der Waals surface area (Å²) in [7, 11) is 1.94. The fourth-order valence-electron chi connectivity index (χ4n) is 3.65. The SMILES string of the molecule is Cn1cc(/C=C2\Oc3ccc(N)cc3C2=O)c2c(-c3ccccc3)ccnc21. The van der Waals surface area contributed by atoms with Crippen LogP contribution < -0.4 is 10.5 Å². The molecule has 0 saturated heterocycles. The van der Waals surface area contributed by atoms with Crippen molar-refractivity contribution < 1.29 is 9.53 Å². The molecule has 0 unspecified atom stereocenters. The van der Waals surface area contributed by atoms with Crippen molar-refractivity contribution in [2.45, 2.75) is 0 Å². The fourth-order valence-corrected chi connectivity index (χ4v) is 3.65. The highest BCUT2D eigenvalue weighted by molar-refractivity contribution is 6.16. The topological polar surface area (TPSA) is 70.1 Å². The number of pyridine rings is 1. The Morgan fingerprint density at radius 2 is 1.89 bits per heavy atom. The number of anilines is 1. The minimum absolute atomic E-state index is 0.163. The van der Waals surface area contributed by atoms with E-state index in [0.29, 0.717) is 17.0 Å². The van der Waals surface area contributed by atoms with Gasteiger partial charge in [-0.2, -0.15) is 0 Å². The van der Waals surface area contributed by atoms with E-state index in [-0.39, 0.29) is 11.5 Å². The molecule has 1 aliphatic rings. The number of aryl methyl sites for hydroxylation is 1. The van der Waals surface area contributed by atoms with E-state index in [9.17, 15) is 4.79 Å². The minimum Gasteiger partial charge on any atom is -0.452 e. The van der Waals surface area contributed by atoms with E-state index in [4.69, 9.17) is 10.5 Å². The van der Waals surface area contributed by atoms with Crippen molar-refractivity contribution in [3.63, 3.8) is 0 Å². The molecule has 0 radical (unpaired) electrons. The third kappa shape index (κ3) is 2.48. The first kappa shape index (κ1) is 16.3. The van der Waals surface area contributed by atoms with Crippen LogP contribution in [0.4, 0.5) is 5.69 Å². The van der Waals surface area contributed by atoms with Crippen LogP contribution in [0.15, 0.2) is 72.8 Å². The number of hydrogen-bond donors (Lipinski definition) is 1. The molecule has 5 rings (SSSR count). The first-order valence-corrected chi connectivity index (χ1v) is 8.95. The number of rotatable bonds is 2. The van der Waals surface area contributed by atoms with Gasteiger partial charge in [-0.15, -0.1) is 0 Å². The molecule has 5 heteroatoms. The molecule has 2 N–H and O–H groups in total. The van der Waals surface area contributed by atoms with Crippen LogP contribution in [0.3, 0.4) is 0 Å². The minimum atomic E-state index is -0.163. The summed E-state index contributed by atoms with van der Waals surface area (Å²) >= 11 is 0. The normalized spacial score (nSPS) is 14.5. The number of benzene rings is 2. The lowest BCUT2D eigenvalue weighted by Crippen LogP contribution is -1.98. The molecule has 0 spiro atoms. The molecular weight excluding hydrogens is 350 g/mol. The van der Waals surface area contributed by atoms with Gasteiger partial charge in [-0.25, -0.2) is 4.98 Å². The van der Waals surface area contributed by atoms with Crippen LogP contribution in [-0.2, 0) is 7.05 Å². The van der Waals surface area contributed by atoms with Gasteiger partial charge in [-0.3, -0.25) is 4.79 Å². The number of allylic oxidation sites excluding steroid dienone is 1. The first-order chi connectivity index (χ1) is 13.6. The van der Waals surface area contributed by atoms with Crippen LogP contribution in [0.25, 0.3) is 28.2 Å². The Balaban J connectivity index is 1.69. The molecule has 136 valence electrons. The molecule has 0 bridgehead atoms. The molecule has 4 aromatic rings. The standard InChI is InChI=1S/C23H17N3O2/c1-26-13-15(11-20-22(27)18-12-16(24)7-8-19(18)28-20)21-17(9-10-25-23(21)26)14-5-3-2-4-6-14/h2-13H,24H2,1H3/b20-11-. The van der Waals surface area contributed by atoms with Gasteiger partial charge in [0.25, 0.3) is 0 Å². The maximum atomic E-state index is 12.8. The quantitative estimate of drug-likeness (QED) is 0.420. The number of carbonyl (C=O) groups excluding carboxylic acids is 1. The second-order valence-corrected chi connectivity index (χ2v) is 6.81. The number of aromatic nitrogens is 2. The van der Waals surface area contributed by atoms with Crippen molar-refractivity contribution >= 4 is 28.6 Å². The lowest BCUT2D eigenvalue weighted by molar-refractivity contribution is 0.101. The Morgan fingerprint density at radius 3 is 2.71 bits per heavy atom. The summed E-state index contributed by atoms with van der Waals surface area (Å²) in [5.41, 5.74) is 10.7. The highest BCUT2D eigenvalue weighted by Gasteiger charge is 2.28. The zero-order valence-corrected chi connectivity index (χ0v) is 15.2. The maximum Gasteiger partial charge on any atom is 0.232 e. The van der Waals surface area contributed by atoms with Crippen LogP contribution in [0.1, 0.15) is 15.9 Å². The van der Waals surface area contributed by atoms with Crippen LogP contribution in [0.2, 0.25) is 0 Å². The Hall–Kier alpha value is -3.86. The van der Waals surface area contributed by atoms with E-state index in [1.165, 1.54) is 0 Å². The van der Waals surface area contributed by atoms with Gasteiger partial charge in [-0.1, -0.05) is 30.3 Å². The van der Waals surface area contributed by atoms with Crippen molar-refractivity contribution in [2.75, 3.05) is 5.73 Å². The van der Waals surface area contributed by atoms with E-state index in [1.54, 1.807) is 30.5 Å². The smallest absolute Gasteiger partial charge is 0.232 e. The molecule has 2 aromatic heterocycles. The molecule has 5 nitrogen and oxygen atoms in total. The fraction of sp³-hybridized carbons (Fsp3) is 0.0435. The molecule has 0 atom stereocenters. The van der Waals surface area contributed by atoms with Gasteiger partial charge in [0.15, 0.2) is 5.76 Å². The number of ketones is 1. The number of fused-ring (bicyclic) bond motifs is 2. The zero-order valence-electron chi connectivity index (χ0n) is 15.2. The van der Waals surface area contributed by atoms with Gasteiger partial charge in [0.2, 0.25) is 5.78 Å². The van der Waals surface area contributed by atoms with Gasteiger partial charge in [0.05, 0.1) is 5.56 Å². The molecule has 3 heterocycles. The van der Waals surface area contributed by atoms with Gasteiger partial charge < -0.3 is 15.0 Å². The molecule has 0 saturated carbocycles. The van der Waals surface area contributed by atoms with E-state index in [0.717, 1.165) is 27.7 Å². The number of nitrogen functional groups attached to an aromatic ring is 1. The Bertz CT molecular complexity index is 1270. The third-order valence-electron chi connectivity index (χ3n) is 4.95. The van der Waals surface area contributed by atoms with E-state index < -0.39 is 0 Å². The van der Waals surface area contributed by atoms with Crippen LogP contribution in [0, 0.1) is 0 Å². The second-order valence-electron chi connectivity index (χ2n) is 6.81. The molecule has 1 aliphatic heterocycles. The number of carbonyl (C=O) groups is 1. The molecule has 0 fully saturated rings. The largest absolute Gasteiger partial charge is 0.452 e. The van der Waals surface area contributed by atoms with E-state index in [1.807, 2.05) is 42.1 Å². The highest BCUT2D eigenvalue weighted by Crippen LogP contribution is 2.36. The van der Waals surface area contributed by atoms with E-state index in [2.05, 4.69) is 17.1 Å². The molecule has 0 amide bonds. The maximum absolute atomic E-state index is 12.8. The zero-order chi connectivity index (χ0) is 19.3. The van der Waals surface area contributed by atoms with Gasteiger partial charge >= 0.3 is 0 Å². The molecule has 0 aliphatic carbocycles. The van der Waals surface area contributed by atoms with E-state index >= 15 is 0 Å². The summed E-state index contributed by atoms with van der Waals surface area (Å²) < 4.78 is 7.77. The number of nitrogens with zero attached hydrogens (tertiary/aromatic N) is 2.